The van der Waals surface area contributed by atoms with Crippen LogP contribution in [0.15, 0.2) is 42.5 Å². The molecule has 0 unspecified atom stereocenters. The molecule has 2 aromatic rings. The summed E-state index contributed by atoms with van der Waals surface area (Å²) in [5.41, 5.74) is 1.59. The molecule has 0 amide bonds. The molecule has 0 saturated carbocycles. The van der Waals surface area contributed by atoms with Crippen molar-refractivity contribution in [1.29, 1.82) is 0 Å². The van der Waals surface area contributed by atoms with E-state index in [4.69, 9.17) is 14.2 Å². The highest BCUT2D eigenvalue weighted by molar-refractivity contribution is 5.46. The van der Waals surface area contributed by atoms with Gasteiger partial charge in [0.1, 0.15) is 25.1 Å². The first-order valence-electron chi connectivity index (χ1n) is 6.49. The number of aliphatic hydroxyl groups excluding tert-OH is 1. The third-order valence-electron chi connectivity index (χ3n) is 3.31. The topological polar surface area (TPSA) is 47.9 Å². The summed E-state index contributed by atoms with van der Waals surface area (Å²) in [5.74, 6) is 2.17. The van der Waals surface area contributed by atoms with Gasteiger partial charge in [0.25, 0.3) is 0 Å². The lowest BCUT2D eigenvalue weighted by Crippen LogP contribution is -2.15. The third kappa shape index (κ3) is 2.42. The average molecular weight is 272 g/mol. The number of methoxy groups -OCH3 is 1. The van der Waals surface area contributed by atoms with Crippen LogP contribution < -0.4 is 14.2 Å². The summed E-state index contributed by atoms with van der Waals surface area (Å²) < 4.78 is 16.1. The standard InChI is InChI=1S/C16H16O4/c1-18-13-5-2-11(3-6-13)16(17)12-4-7-14-15(10-12)20-9-8-19-14/h2-7,10,16-17H,8-9H2,1H3/t16-/m0/s1. The summed E-state index contributed by atoms with van der Waals surface area (Å²) in [6.07, 6.45) is -0.697. The van der Waals surface area contributed by atoms with Gasteiger partial charge in [-0.15, -0.1) is 0 Å². The molecule has 0 fully saturated rings. The van der Waals surface area contributed by atoms with Crippen LogP contribution in [-0.2, 0) is 0 Å². The SMILES string of the molecule is COc1ccc([C@H](O)c2ccc3c(c2)OCCO3)cc1. The van der Waals surface area contributed by atoms with E-state index >= 15 is 0 Å². The summed E-state index contributed by atoms with van der Waals surface area (Å²) in [7, 11) is 1.62. The van der Waals surface area contributed by atoms with Crippen LogP contribution in [0.4, 0.5) is 0 Å². The van der Waals surface area contributed by atoms with Crippen molar-refractivity contribution in [3.05, 3.63) is 53.6 Å². The van der Waals surface area contributed by atoms with Gasteiger partial charge in [0, 0.05) is 0 Å². The molecule has 0 saturated heterocycles. The van der Waals surface area contributed by atoms with Crippen molar-refractivity contribution < 1.29 is 19.3 Å². The van der Waals surface area contributed by atoms with Crippen molar-refractivity contribution >= 4 is 0 Å². The lowest BCUT2D eigenvalue weighted by atomic mass is 10.0. The summed E-state index contributed by atoms with van der Waals surface area (Å²) in [6, 6.07) is 12.9. The van der Waals surface area contributed by atoms with Crippen LogP contribution in [0, 0.1) is 0 Å². The minimum Gasteiger partial charge on any atom is -0.497 e. The number of rotatable bonds is 3. The Bertz CT molecular complexity index is 592. The minimum absolute atomic E-state index is 0.537. The monoisotopic (exact) mass is 272 g/mol. The number of ether oxygens (including phenoxy) is 3. The number of hydrogen-bond acceptors (Lipinski definition) is 4. The Morgan fingerprint density at radius 3 is 2.30 bits per heavy atom. The van der Waals surface area contributed by atoms with E-state index in [0.717, 1.165) is 22.6 Å². The van der Waals surface area contributed by atoms with Crippen molar-refractivity contribution in [3.8, 4) is 17.2 Å². The number of fused-ring (bicyclic) bond motifs is 1. The van der Waals surface area contributed by atoms with Crippen LogP contribution in [0.25, 0.3) is 0 Å². The second-order valence-electron chi connectivity index (χ2n) is 4.58. The molecule has 0 aliphatic carbocycles. The Kier molecular flexibility index (Phi) is 3.48. The maximum atomic E-state index is 10.4. The Morgan fingerprint density at radius 1 is 0.950 bits per heavy atom. The fourth-order valence-electron chi connectivity index (χ4n) is 2.21. The molecule has 0 bridgehead atoms. The van der Waals surface area contributed by atoms with Crippen LogP contribution in [0.2, 0.25) is 0 Å². The van der Waals surface area contributed by atoms with E-state index in [1.807, 2.05) is 42.5 Å². The van der Waals surface area contributed by atoms with Crippen LogP contribution in [0.5, 0.6) is 17.2 Å². The van der Waals surface area contributed by atoms with Crippen molar-refractivity contribution in [3.63, 3.8) is 0 Å². The van der Waals surface area contributed by atoms with Gasteiger partial charge < -0.3 is 19.3 Å². The number of hydrogen-bond donors (Lipinski definition) is 1. The quantitative estimate of drug-likeness (QED) is 0.932. The van der Waals surface area contributed by atoms with Crippen LogP contribution in [-0.4, -0.2) is 25.4 Å². The molecule has 1 heterocycles. The molecule has 1 aliphatic heterocycles. The van der Waals surface area contributed by atoms with E-state index < -0.39 is 6.10 Å². The zero-order chi connectivity index (χ0) is 13.9. The molecular formula is C16H16O4. The van der Waals surface area contributed by atoms with Gasteiger partial charge in [-0.3, -0.25) is 0 Å². The first-order valence-corrected chi connectivity index (χ1v) is 6.49. The zero-order valence-electron chi connectivity index (χ0n) is 11.2. The molecule has 1 atom stereocenters. The van der Waals surface area contributed by atoms with Gasteiger partial charge >= 0.3 is 0 Å². The number of aliphatic hydroxyl groups is 1. The smallest absolute Gasteiger partial charge is 0.161 e. The maximum Gasteiger partial charge on any atom is 0.161 e. The first kappa shape index (κ1) is 12.8. The average Bonchev–Trinajstić information content (AvgIpc) is 2.54. The van der Waals surface area contributed by atoms with E-state index in [9.17, 15) is 5.11 Å². The predicted molar refractivity (Wildman–Crippen MR) is 74.5 cm³/mol. The minimum atomic E-state index is -0.697. The summed E-state index contributed by atoms with van der Waals surface area (Å²) in [6.45, 7) is 1.10. The van der Waals surface area contributed by atoms with Gasteiger partial charge in [-0.25, -0.2) is 0 Å². The van der Waals surface area contributed by atoms with E-state index in [1.165, 1.54) is 0 Å². The van der Waals surface area contributed by atoms with Gasteiger partial charge in [-0.2, -0.15) is 0 Å². The summed E-state index contributed by atoms with van der Waals surface area (Å²) in [4.78, 5) is 0. The molecule has 4 heteroatoms. The van der Waals surface area contributed by atoms with Crippen molar-refractivity contribution in [1.82, 2.24) is 0 Å². The zero-order valence-corrected chi connectivity index (χ0v) is 11.2. The highest BCUT2D eigenvalue weighted by Gasteiger charge is 2.16. The fraction of sp³-hybridized carbons (Fsp3) is 0.250. The molecule has 104 valence electrons. The third-order valence-corrected chi connectivity index (χ3v) is 3.31. The van der Waals surface area contributed by atoms with Crippen LogP contribution in [0.3, 0.4) is 0 Å². The Balaban J connectivity index is 1.87. The molecule has 1 N–H and O–H groups in total. The van der Waals surface area contributed by atoms with Crippen molar-refractivity contribution in [2.24, 2.45) is 0 Å². The highest BCUT2D eigenvalue weighted by Crippen LogP contribution is 2.34. The van der Waals surface area contributed by atoms with E-state index in [0.29, 0.717) is 19.0 Å². The van der Waals surface area contributed by atoms with Crippen molar-refractivity contribution in [2.45, 2.75) is 6.10 Å². The maximum absolute atomic E-state index is 10.4. The van der Waals surface area contributed by atoms with Crippen LogP contribution in [0.1, 0.15) is 17.2 Å². The predicted octanol–water partition coefficient (Wildman–Crippen LogP) is 2.55. The van der Waals surface area contributed by atoms with Crippen molar-refractivity contribution in [2.75, 3.05) is 20.3 Å². The molecule has 0 spiro atoms. The molecule has 3 rings (SSSR count). The molecular weight excluding hydrogens is 256 g/mol. The largest absolute Gasteiger partial charge is 0.497 e. The Hall–Kier alpha value is -2.20. The van der Waals surface area contributed by atoms with Gasteiger partial charge in [0.2, 0.25) is 0 Å². The summed E-state index contributed by atoms with van der Waals surface area (Å²) in [5, 5.41) is 10.4. The molecule has 20 heavy (non-hydrogen) atoms. The molecule has 0 aromatic heterocycles. The molecule has 0 radical (unpaired) electrons. The lowest BCUT2D eigenvalue weighted by Gasteiger charge is -2.20. The fourth-order valence-corrected chi connectivity index (χ4v) is 2.21. The highest BCUT2D eigenvalue weighted by atomic mass is 16.6. The lowest BCUT2D eigenvalue weighted by molar-refractivity contribution is 0.169. The van der Waals surface area contributed by atoms with E-state index in [-0.39, 0.29) is 0 Å². The van der Waals surface area contributed by atoms with Gasteiger partial charge in [-0.1, -0.05) is 18.2 Å². The Morgan fingerprint density at radius 2 is 1.60 bits per heavy atom. The first-order chi connectivity index (χ1) is 9.78. The number of benzene rings is 2. The van der Waals surface area contributed by atoms with Gasteiger partial charge in [0.15, 0.2) is 11.5 Å². The normalized spacial score (nSPS) is 14.7. The summed E-state index contributed by atoms with van der Waals surface area (Å²) >= 11 is 0. The van der Waals surface area contributed by atoms with Crippen LogP contribution >= 0.6 is 0 Å². The molecule has 4 nitrogen and oxygen atoms in total. The van der Waals surface area contributed by atoms with Gasteiger partial charge in [-0.05, 0) is 35.4 Å². The Labute approximate surface area is 117 Å². The van der Waals surface area contributed by atoms with Gasteiger partial charge in [0.05, 0.1) is 7.11 Å². The van der Waals surface area contributed by atoms with E-state index in [2.05, 4.69) is 0 Å². The second kappa shape index (κ2) is 5.43. The molecule has 2 aromatic carbocycles. The second-order valence-corrected chi connectivity index (χ2v) is 4.58. The molecule has 1 aliphatic rings. The van der Waals surface area contributed by atoms with E-state index in [1.54, 1.807) is 7.11 Å².